The van der Waals surface area contributed by atoms with E-state index in [2.05, 4.69) is 5.23 Å². The minimum absolute atomic E-state index is 0.0251. The van der Waals surface area contributed by atoms with Crippen LogP contribution < -0.4 is 14.7 Å². The number of nitrogens with one attached hydrogen (secondary N) is 1. The summed E-state index contributed by atoms with van der Waals surface area (Å²) in [5.74, 6) is 1.18. The third-order valence-corrected chi connectivity index (χ3v) is 4.42. The number of methoxy groups -OCH3 is 2. The van der Waals surface area contributed by atoms with Gasteiger partial charge >= 0.3 is 7.05 Å². The van der Waals surface area contributed by atoms with Crippen LogP contribution in [-0.2, 0) is 16.1 Å². The molecule has 25 heavy (non-hydrogen) atoms. The molecule has 2 rings (SSSR count). The van der Waals surface area contributed by atoms with E-state index < -0.39 is 13.1 Å². The number of hydrogen-bond donors (Lipinski definition) is 2. The molecule has 0 bridgehead atoms. The summed E-state index contributed by atoms with van der Waals surface area (Å²) in [6.45, 7) is 2.65. The van der Waals surface area contributed by atoms with Gasteiger partial charge in [0.2, 0.25) is 5.91 Å². The summed E-state index contributed by atoms with van der Waals surface area (Å²) in [4.78, 5) is 25.5. The third kappa shape index (κ3) is 4.96. The highest BCUT2D eigenvalue weighted by atomic mass is 16.5. The Balaban J connectivity index is 2.01. The van der Waals surface area contributed by atoms with Gasteiger partial charge in [-0.2, -0.15) is 0 Å². The third-order valence-electron chi connectivity index (χ3n) is 4.42. The summed E-state index contributed by atoms with van der Waals surface area (Å²) in [6, 6.07) is 5.00. The van der Waals surface area contributed by atoms with E-state index in [-0.39, 0.29) is 11.8 Å². The molecule has 0 aromatic heterocycles. The summed E-state index contributed by atoms with van der Waals surface area (Å²) < 4.78 is 10.6. The van der Waals surface area contributed by atoms with Crippen LogP contribution in [0.25, 0.3) is 0 Å². The Hall–Kier alpha value is -2.06. The van der Waals surface area contributed by atoms with Crippen LogP contribution in [0.15, 0.2) is 18.2 Å². The zero-order chi connectivity index (χ0) is 18.4. The molecule has 1 aromatic carbocycles. The van der Waals surface area contributed by atoms with Crippen molar-refractivity contribution in [1.82, 2.24) is 10.1 Å². The predicted octanol–water partition coefficient (Wildman–Crippen LogP) is 0.710. The normalized spacial score (nSPS) is 18.2. The van der Waals surface area contributed by atoms with Crippen LogP contribution in [0.4, 0.5) is 0 Å². The average molecular weight is 348 g/mol. The average Bonchev–Trinajstić information content (AvgIpc) is 2.94. The molecule has 8 heteroatoms. The van der Waals surface area contributed by atoms with Crippen LogP contribution in [0.3, 0.4) is 0 Å². The molecule has 1 amide bonds. The molecular weight excluding hydrogens is 323 g/mol. The number of nitrogens with zero attached hydrogens (tertiary/aromatic N) is 1. The van der Waals surface area contributed by atoms with E-state index in [1.165, 1.54) is 0 Å². The monoisotopic (exact) mass is 348 g/mol. The van der Waals surface area contributed by atoms with Crippen LogP contribution in [0.1, 0.15) is 18.4 Å². The second-order valence-electron chi connectivity index (χ2n) is 6.24. The number of hydrogen-bond acceptors (Lipinski definition) is 6. The topological polar surface area (TPSA) is 88.1 Å². The van der Waals surface area contributed by atoms with E-state index in [9.17, 15) is 14.6 Å². The first-order valence-corrected chi connectivity index (χ1v) is 8.37. The van der Waals surface area contributed by atoms with Gasteiger partial charge in [0, 0.05) is 30.6 Å². The molecule has 7 nitrogen and oxygen atoms in total. The Morgan fingerprint density at radius 3 is 2.80 bits per heavy atom. The molecule has 0 aliphatic carbocycles. The van der Waals surface area contributed by atoms with Crippen molar-refractivity contribution in [3.63, 3.8) is 0 Å². The molecule has 1 aromatic rings. The number of rotatable bonds is 9. The molecule has 1 aliphatic heterocycles. The number of aldehydes is 1. The van der Waals surface area contributed by atoms with E-state index >= 15 is 0 Å². The molecule has 2 unspecified atom stereocenters. The lowest BCUT2D eigenvalue weighted by molar-refractivity contribution is -0.131. The maximum atomic E-state index is 12.6. The van der Waals surface area contributed by atoms with Gasteiger partial charge in [-0.25, -0.2) is 0 Å². The highest BCUT2D eigenvalue weighted by molar-refractivity contribution is 6.45. The van der Waals surface area contributed by atoms with Crippen LogP contribution in [0.2, 0.25) is 6.82 Å². The second kappa shape index (κ2) is 8.87. The lowest BCUT2D eigenvalue weighted by Crippen LogP contribution is -2.42. The fraction of sp³-hybridized carbons (Fsp3) is 0.529. The van der Waals surface area contributed by atoms with Crippen molar-refractivity contribution in [3.05, 3.63) is 23.8 Å². The lowest BCUT2D eigenvalue weighted by atomic mass is 9.85. The summed E-state index contributed by atoms with van der Waals surface area (Å²) in [7, 11) is 2.39. The zero-order valence-corrected chi connectivity index (χ0v) is 14.9. The molecule has 1 saturated heterocycles. The largest absolute Gasteiger partial charge is 0.497 e. The number of ether oxygens (including phenoxy) is 2. The van der Waals surface area contributed by atoms with Gasteiger partial charge in [-0.05, 0) is 31.8 Å². The molecule has 136 valence electrons. The molecule has 1 heterocycles. The quantitative estimate of drug-likeness (QED) is 0.505. The Labute approximate surface area is 148 Å². The van der Waals surface area contributed by atoms with Gasteiger partial charge in [-0.3, -0.25) is 4.79 Å². The maximum Gasteiger partial charge on any atom is 0.374 e. The molecular formula is C17H25BN2O5. The first-order chi connectivity index (χ1) is 12.0. The highest BCUT2D eigenvalue weighted by Gasteiger charge is 2.34. The van der Waals surface area contributed by atoms with E-state index in [4.69, 9.17) is 9.47 Å². The molecule has 0 spiro atoms. The first kappa shape index (κ1) is 19.3. The van der Waals surface area contributed by atoms with Crippen LogP contribution in [0, 0.1) is 5.92 Å². The molecule has 2 N–H and O–H groups in total. The van der Waals surface area contributed by atoms with Crippen LogP contribution in [-0.4, -0.2) is 56.0 Å². The molecule has 2 atom stereocenters. The van der Waals surface area contributed by atoms with Gasteiger partial charge in [0.05, 0.1) is 20.3 Å². The number of carbonyl (C=O) groups is 2. The van der Waals surface area contributed by atoms with Gasteiger partial charge < -0.3 is 29.4 Å². The SMILES string of the molecule is COc1ccc(CN2CCC(CC(C=O)NB(C)O)C2=O)c(OC)c1. The molecule has 1 aliphatic rings. The summed E-state index contributed by atoms with van der Waals surface area (Å²) >= 11 is 0. The number of amides is 1. The van der Waals surface area contributed by atoms with Crippen molar-refractivity contribution in [2.75, 3.05) is 20.8 Å². The van der Waals surface area contributed by atoms with Crippen molar-refractivity contribution < 1.29 is 24.1 Å². The Morgan fingerprint density at radius 2 is 2.20 bits per heavy atom. The molecule has 0 radical (unpaired) electrons. The number of likely N-dealkylation sites (tertiary alicyclic amines) is 1. The van der Waals surface area contributed by atoms with Crippen molar-refractivity contribution >= 4 is 19.2 Å². The van der Waals surface area contributed by atoms with Crippen molar-refractivity contribution in [3.8, 4) is 11.5 Å². The van der Waals surface area contributed by atoms with Crippen molar-refractivity contribution in [1.29, 1.82) is 0 Å². The molecule has 0 saturated carbocycles. The first-order valence-electron chi connectivity index (χ1n) is 8.37. The van der Waals surface area contributed by atoms with E-state index in [1.54, 1.807) is 32.0 Å². The van der Waals surface area contributed by atoms with Crippen LogP contribution in [0.5, 0.6) is 11.5 Å². The van der Waals surface area contributed by atoms with Crippen LogP contribution >= 0.6 is 0 Å². The van der Waals surface area contributed by atoms with Gasteiger partial charge in [0.1, 0.15) is 17.8 Å². The van der Waals surface area contributed by atoms with Gasteiger partial charge in [0.25, 0.3) is 0 Å². The van der Waals surface area contributed by atoms with Gasteiger partial charge in [-0.15, -0.1) is 0 Å². The summed E-state index contributed by atoms with van der Waals surface area (Å²) in [6.07, 6.45) is 1.84. The standard InChI is InChI=1S/C17H25BN2O5/c1-18(23)19-14(11-21)8-12-6-7-20(17(12)22)10-13-4-5-15(24-2)9-16(13)25-3/h4-5,9,11-12,14,19,23H,6-8,10H2,1-3H3. The Bertz CT molecular complexity index is 611. The minimum atomic E-state index is -0.786. The van der Waals surface area contributed by atoms with Gasteiger partial charge in [0.15, 0.2) is 0 Å². The summed E-state index contributed by atoms with van der Waals surface area (Å²) in [5.41, 5.74) is 0.909. The van der Waals surface area contributed by atoms with Gasteiger partial charge in [-0.1, -0.05) is 0 Å². The fourth-order valence-electron chi connectivity index (χ4n) is 3.15. The van der Waals surface area contributed by atoms with E-state index in [0.717, 1.165) is 11.8 Å². The fourth-order valence-corrected chi connectivity index (χ4v) is 3.15. The zero-order valence-electron chi connectivity index (χ0n) is 14.9. The summed E-state index contributed by atoms with van der Waals surface area (Å²) in [5, 5.41) is 12.1. The number of benzene rings is 1. The Kier molecular flexibility index (Phi) is 6.84. The Morgan fingerprint density at radius 1 is 1.44 bits per heavy atom. The maximum absolute atomic E-state index is 12.6. The lowest BCUT2D eigenvalue weighted by Gasteiger charge is -2.20. The highest BCUT2D eigenvalue weighted by Crippen LogP contribution is 2.29. The van der Waals surface area contributed by atoms with E-state index in [0.29, 0.717) is 37.4 Å². The minimum Gasteiger partial charge on any atom is -0.497 e. The van der Waals surface area contributed by atoms with Crippen molar-refractivity contribution in [2.24, 2.45) is 5.92 Å². The van der Waals surface area contributed by atoms with E-state index in [1.807, 2.05) is 12.1 Å². The van der Waals surface area contributed by atoms with Crippen molar-refractivity contribution in [2.45, 2.75) is 32.3 Å². The molecule has 1 fully saturated rings. The second-order valence-corrected chi connectivity index (χ2v) is 6.24. The predicted molar refractivity (Wildman–Crippen MR) is 94.5 cm³/mol. The number of carbonyl (C=O) groups excluding carboxylic acids is 2. The smallest absolute Gasteiger partial charge is 0.374 e.